The summed E-state index contributed by atoms with van der Waals surface area (Å²) in [5, 5.41) is 2.56. The lowest BCUT2D eigenvalue weighted by Crippen LogP contribution is -2.43. The molecule has 0 aromatic carbocycles. The van der Waals surface area contributed by atoms with Gasteiger partial charge in [-0.1, -0.05) is 19.3 Å². The molecule has 0 aromatic rings. The molecule has 1 amide bonds. The van der Waals surface area contributed by atoms with Crippen molar-refractivity contribution in [3.63, 3.8) is 0 Å². The first-order chi connectivity index (χ1) is 9.33. The van der Waals surface area contributed by atoms with Gasteiger partial charge >= 0.3 is 12.1 Å². The predicted molar refractivity (Wildman–Crippen MR) is 65.8 cm³/mol. The van der Waals surface area contributed by atoms with Crippen LogP contribution in [-0.4, -0.2) is 31.2 Å². The fourth-order valence-electron chi connectivity index (χ4n) is 2.45. The van der Waals surface area contributed by atoms with Crippen LogP contribution in [0.5, 0.6) is 0 Å². The second kappa shape index (κ2) is 7.50. The Labute approximate surface area is 116 Å². The fourth-order valence-corrected chi connectivity index (χ4v) is 2.45. The Bertz CT molecular complexity index is 344. The van der Waals surface area contributed by atoms with Crippen LogP contribution in [0.1, 0.15) is 44.9 Å². The lowest BCUT2D eigenvalue weighted by atomic mass is 9.94. The number of esters is 1. The molecule has 1 aliphatic rings. The molecule has 2 atom stereocenters. The first-order valence-electron chi connectivity index (χ1n) is 6.77. The van der Waals surface area contributed by atoms with Crippen molar-refractivity contribution in [1.29, 1.82) is 0 Å². The summed E-state index contributed by atoms with van der Waals surface area (Å²) in [7, 11) is 1.27. The van der Waals surface area contributed by atoms with Crippen LogP contribution in [0.25, 0.3) is 0 Å². The molecule has 0 radical (unpaired) electrons. The molecule has 1 saturated carbocycles. The van der Waals surface area contributed by atoms with E-state index in [1.165, 1.54) is 7.11 Å². The number of carbonyl (C=O) groups is 2. The van der Waals surface area contributed by atoms with E-state index in [4.69, 9.17) is 4.74 Å². The van der Waals surface area contributed by atoms with Crippen molar-refractivity contribution >= 4 is 11.9 Å². The maximum Gasteiger partial charge on any atom is 0.389 e. The van der Waals surface area contributed by atoms with Gasteiger partial charge in [0.25, 0.3) is 0 Å². The van der Waals surface area contributed by atoms with Gasteiger partial charge in [-0.2, -0.15) is 13.2 Å². The molecule has 0 bridgehead atoms. The van der Waals surface area contributed by atoms with E-state index in [0.29, 0.717) is 12.8 Å². The van der Waals surface area contributed by atoms with Gasteiger partial charge in [-0.15, -0.1) is 0 Å². The van der Waals surface area contributed by atoms with E-state index in [0.717, 1.165) is 19.3 Å². The van der Waals surface area contributed by atoms with Crippen LogP contribution < -0.4 is 5.32 Å². The van der Waals surface area contributed by atoms with Gasteiger partial charge in [0.2, 0.25) is 5.91 Å². The van der Waals surface area contributed by atoms with Crippen LogP contribution in [0.4, 0.5) is 13.2 Å². The molecular formula is C13H20F3NO3. The van der Waals surface area contributed by atoms with E-state index in [-0.39, 0.29) is 0 Å². The first-order valence-corrected chi connectivity index (χ1v) is 6.77. The second-order valence-corrected chi connectivity index (χ2v) is 5.06. The van der Waals surface area contributed by atoms with Gasteiger partial charge < -0.3 is 10.1 Å². The third-order valence-corrected chi connectivity index (χ3v) is 3.50. The highest BCUT2D eigenvalue weighted by atomic mass is 19.4. The summed E-state index contributed by atoms with van der Waals surface area (Å²) < 4.78 is 40.9. The smallest absolute Gasteiger partial charge is 0.389 e. The number of carbonyl (C=O) groups excluding carboxylic acids is 2. The predicted octanol–water partition coefficient (Wildman–Crippen LogP) is 2.57. The van der Waals surface area contributed by atoms with Gasteiger partial charge in [-0.05, 0) is 12.8 Å². The van der Waals surface area contributed by atoms with Gasteiger partial charge in [0, 0.05) is 12.5 Å². The van der Waals surface area contributed by atoms with E-state index in [2.05, 4.69) is 5.32 Å². The van der Waals surface area contributed by atoms with Gasteiger partial charge in [-0.25, -0.2) is 0 Å². The summed E-state index contributed by atoms with van der Waals surface area (Å²) in [6, 6.07) is -0.425. The SMILES string of the molecule is COC(=O)[C@@H]1CCCCC[C@@H]1NC(=O)CCC(F)(F)F. The van der Waals surface area contributed by atoms with Gasteiger partial charge in [0.05, 0.1) is 19.4 Å². The van der Waals surface area contributed by atoms with E-state index >= 15 is 0 Å². The van der Waals surface area contributed by atoms with Crippen molar-refractivity contribution in [3.05, 3.63) is 0 Å². The molecule has 4 nitrogen and oxygen atoms in total. The number of hydrogen-bond acceptors (Lipinski definition) is 3. The average Bonchev–Trinajstić information content (AvgIpc) is 2.60. The van der Waals surface area contributed by atoms with Crippen LogP contribution in [0.15, 0.2) is 0 Å². The third kappa shape index (κ3) is 5.79. The minimum Gasteiger partial charge on any atom is -0.469 e. The number of alkyl halides is 3. The standard InChI is InChI=1S/C13H20F3NO3/c1-20-12(19)9-5-3-2-4-6-10(9)17-11(18)7-8-13(14,15)16/h9-10H,2-8H2,1H3,(H,17,18)/t9-,10+/m1/s1. The molecule has 7 heteroatoms. The van der Waals surface area contributed by atoms with Crippen molar-refractivity contribution < 1.29 is 27.5 Å². The average molecular weight is 295 g/mol. The lowest BCUT2D eigenvalue weighted by Gasteiger charge is -2.24. The molecule has 1 fully saturated rings. The zero-order chi connectivity index (χ0) is 15.2. The van der Waals surface area contributed by atoms with Gasteiger partial charge in [-0.3, -0.25) is 9.59 Å². The van der Waals surface area contributed by atoms with Crippen LogP contribution >= 0.6 is 0 Å². The topological polar surface area (TPSA) is 55.4 Å². The normalized spacial score (nSPS) is 23.8. The molecular weight excluding hydrogens is 275 g/mol. The Balaban J connectivity index is 2.56. The number of hydrogen-bond donors (Lipinski definition) is 1. The number of rotatable bonds is 4. The van der Waals surface area contributed by atoms with Crippen molar-refractivity contribution in [3.8, 4) is 0 Å². The van der Waals surface area contributed by atoms with Crippen LogP contribution in [0.3, 0.4) is 0 Å². The Kier molecular flexibility index (Phi) is 6.29. The summed E-state index contributed by atoms with van der Waals surface area (Å²) in [4.78, 5) is 23.2. The summed E-state index contributed by atoms with van der Waals surface area (Å²) in [6.45, 7) is 0. The highest BCUT2D eigenvalue weighted by molar-refractivity contribution is 5.78. The molecule has 0 aliphatic heterocycles. The Morgan fingerprint density at radius 1 is 1.20 bits per heavy atom. The molecule has 20 heavy (non-hydrogen) atoms. The van der Waals surface area contributed by atoms with Crippen LogP contribution in [-0.2, 0) is 14.3 Å². The summed E-state index contributed by atoms with van der Waals surface area (Å²) >= 11 is 0. The molecule has 116 valence electrons. The van der Waals surface area contributed by atoms with Crippen LogP contribution in [0, 0.1) is 5.92 Å². The van der Waals surface area contributed by atoms with Crippen molar-refractivity contribution in [2.75, 3.05) is 7.11 Å². The maximum absolute atomic E-state index is 12.1. The molecule has 0 aromatic heterocycles. The van der Waals surface area contributed by atoms with Crippen molar-refractivity contribution in [2.24, 2.45) is 5.92 Å². The molecule has 1 rings (SSSR count). The highest BCUT2D eigenvalue weighted by Crippen LogP contribution is 2.25. The van der Waals surface area contributed by atoms with E-state index in [1.54, 1.807) is 0 Å². The van der Waals surface area contributed by atoms with Gasteiger partial charge in [0.1, 0.15) is 0 Å². The number of amides is 1. The zero-order valence-corrected chi connectivity index (χ0v) is 11.5. The Morgan fingerprint density at radius 2 is 1.85 bits per heavy atom. The summed E-state index contributed by atoms with van der Waals surface area (Å²) in [5.41, 5.74) is 0. The molecule has 0 saturated heterocycles. The number of ether oxygens (including phenoxy) is 1. The molecule has 1 N–H and O–H groups in total. The number of nitrogens with one attached hydrogen (secondary N) is 1. The Morgan fingerprint density at radius 3 is 2.45 bits per heavy atom. The lowest BCUT2D eigenvalue weighted by molar-refractivity contribution is -0.148. The summed E-state index contributed by atoms with van der Waals surface area (Å²) in [5.74, 6) is -1.53. The monoisotopic (exact) mass is 295 g/mol. The number of methoxy groups -OCH3 is 1. The molecule has 0 spiro atoms. The quantitative estimate of drug-likeness (QED) is 0.640. The van der Waals surface area contributed by atoms with E-state index < -0.39 is 42.9 Å². The fraction of sp³-hybridized carbons (Fsp3) is 0.846. The summed E-state index contributed by atoms with van der Waals surface area (Å²) in [6.07, 6.45) is -2.26. The van der Waals surface area contributed by atoms with Crippen LogP contribution in [0.2, 0.25) is 0 Å². The molecule has 0 heterocycles. The third-order valence-electron chi connectivity index (χ3n) is 3.50. The first kappa shape index (κ1) is 16.8. The molecule has 1 aliphatic carbocycles. The van der Waals surface area contributed by atoms with Crippen molar-refractivity contribution in [2.45, 2.75) is 57.2 Å². The largest absolute Gasteiger partial charge is 0.469 e. The minimum absolute atomic E-state index is 0.409. The van der Waals surface area contributed by atoms with Gasteiger partial charge in [0.15, 0.2) is 0 Å². The van der Waals surface area contributed by atoms with Crippen molar-refractivity contribution in [1.82, 2.24) is 5.32 Å². The van der Waals surface area contributed by atoms with E-state index in [9.17, 15) is 22.8 Å². The Hall–Kier alpha value is -1.27. The minimum atomic E-state index is -4.34. The maximum atomic E-state index is 12.1. The number of halogens is 3. The highest BCUT2D eigenvalue weighted by Gasteiger charge is 2.33. The van der Waals surface area contributed by atoms with E-state index in [1.807, 2.05) is 0 Å². The second-order valence-electron chi connectivity index (χ2n) is 5.06. The molecule has 0 unspecified atom stereocenters. The zero-order valence-electron chi connectivity index (χ0n) is 11.5.